The molecular formula is C17H25FN2O3S. The third-order valence-electron chi connectivity index (χ3n) is 4.48. The zero-order valence-electron chi connectivity index (χ0n) is 14.2. The Labute approximate surface area is 143 Å². The third-order valence-corrected chi connectivity index (χ3v) is 6.33. The van der Waals surface area contributed by atoms with E-state index in [0.29, 0.717) is 31.5 Å². The minimum Gasteiger partial charge on any atom is -0.353 e. The molecule has 2 rings (SSSR count). The van der Waals surface area contributed by atoms with Crippen molar-refractivity contribution >= 4 is 15.9 Å². The fourth-order valence-corrected chi connectivity index (χ4v) is 4.30. The van der Waals surface area contributed by atoms with Crippen LogP contribution in [-0.4, -0.2) is 37.8 Å². The van der Waals surface area contributed by atoms with Crippen LogP contribution in [0.5, 0.6) is 0 Å². The first-order valence-corrected chi connectivity index (χ1v) is 9.95. The molecule has 1 fully saturated rings. The molecular weight excluding hydrogens is 331 g/mol. The molecule has 1 saturated heterocycles. The van der Waals surface area contributed by atoms with Gasteiger partial charge in [0.2, 0.25) is 15.9 Å². The maximum Gasteiger partial charge on any atom is 0.223 e. The van der Waals surface area contributed by atoms with Gasteiger partial charge in [0.25, 0.3) is 0 Å². The standard InChI is InChI=1S/C17H25FN2O3S/c1-3-13(2)19-17(21)15-8-10-20(11-9-15)24(22,23)12-14-4-6-16(18)7-5-14/h4-7,13,15H,3,8-12H2,1-2H3,(H,19,21)/t13-/m1/s1. The van der Waals surface area contributed by atoms with Gasteiger partial charge in [0, 0.05) is 25.0 Å². The van der Waals surface area contributed by atoms with E-state index in [9.17, 15) is 17.6 Å². The maximum atomic E-state index is 12.9. The molecule has 0 aliphatic carbocycles. The summed E-state index contributed by atoms with van der Waals surface area (Å²) in [6.07, 6.45) is 1.94. The summed E-state index contributed by atoms with van der Waals surface area (Å²) in [7, 11) is -3.45. The van der Waals surface area contributed by atoms with E-state index in [1.807, 2.05) is 13.8 Å². The summed E-state index contributed by atoms with van der Waals surface area (Å²) in [5.74, 6) is -0.641. The Morgan fingerprint density at radius 1 is 1.29 bits per heavy atom. The average Bonchev–Trinajstić information content (AvgIpc) is 2.56. The number of piperidine rings is 1. The highest BCUT2D eigenvalue weighted by Crippen LogP contribution is 2.22. The summed E-state index contributed by atoms with van der Waals surface area (Å²) >= 11 is 0. The van der Waals surface area contributed by atoms with Gasteiger partial charge in [-0.25, -0.2) is 17.1 Å². The van der Waals surface area contributed by atoms with Crippen molar-refractivity contribution in [3.63, 3.8) is 0 Å². The Kier molecular flexibility index (Phi) is 6.34. The van der Waals surface area contributed by atoms with Crippen molar-refractivity contribution in [1.82, 2.24) is 9.62 Å². The number of nitrogens with zero attached hydrogens (tertiary/aromatic N) is 1. The molecule has 1 heterocycles. The van der Waals surface area contributed by atoms with E-state index in [1.165, 1.54) is 28.6 Å². The molecule has 0 radical (unpaired) electrons. The molecule has 1 aliphatic rings. The first-order valence-electron chi connectivity index (χ1n) is 8.34. The number of nitrogens with one attached hydrogen (secondary N) is 1. The van der Waals surface area contributed by atoms with Gasteiger partial charge >= 0.3 is 0 Å². The lowest BCUT2D eigenvalue weighted by molar-refractivity contribution is -0.126. The van der Waals surface area contributed by atoms with Gasteiger partial charge in [-0.05, 0) is 43.9 Å². The third kappa shape index (κ3) is 5.01. The number of hydrogen-bond donors (Lipinski definition) is 1. The molecule has 1 aromatic carbocycles. The second-order valence-corrected chi connectivity index (χ2v) is 8.34. The van der Waals surface area contributed by atoms with E-state index in [1.54, 1.807) is 0 Å². The van der Waals surface area contributed by atoms with E-state index in [-0.39, 0.29) is 29.4 Å². The van der Waals surface area contributed by atoms with Crippen LogP contribution in [-0.2, 0) is 20.6 Å². The monoisotopic (exact) mass is 356 g/mol. The number of hydrogen-bond acceptors (Lipinski definition) is 3. The summed E-state index contributed by atoms with van der Waals surface area (Å²) in [6.45, 7) is 4.67. The van der Waals surface area contributed by atoms with Gasteiger partial charge in [-0.15, -0.1) is 0 Å². The molecule has 1 amide bonds. The van der Waals surface area contributed by atoms with Crippen LogP contribution in [0.25, 0.3) is 0 Å². The molecule has 0 bridgehead atoms. The molecule has 1 N–H and O–H groups in total. The topological polar surface area (TPSA) is 66.5 Å². The molecule has 0 spiro atoms. The van der Waals surface area contributed by atoms with Crippen LogP contribution in [0.1, 0.15) is 38.7 Å². The number of benzene rings is 1. The van der Waals surface area contributed by atoms with Crippen LogP contribution in [0.4, 0.5) is 4.39 Å². The molecule has 134 valence electrons. The van der Waals surface area contributed by atoms with Crippen LogP contribution < -0.4 is 5.32 Å². The average molecular weight is 356 g/mol. The van der Waals surface area contributed by atoms with Gasteiger partial charge in [-0.3, -0.25) is 4.79 Å². The second kappa shape index (κ2) is 8.07. The highest BCUT2D eigenvalue weighted by atomic mass is 32.2. The molecule has 24 heavy (non-hydrogen) atoms. The number of carbonyl (C=O) groups is 1. The number of carbonyl (C=O) groups excluding carboxylic acids is 1. The van der Waals surface area contributed by atoms with Crippen LogP contribution in [0.15, 0.2) is 24.3 Å². The highest BCUT2D eigenvalue weighted by molar-refractivity contribution is 7.88. The Bertz CT molecular complexity index is 653. The van der Waals surface area contributed by atoms with Gasteiger partial charge < -0.3 is 5.32 Å². The quantitative estimate of drug-likeness (QED) is 0.850. The van der Waals surface area contributed by atoms with E-state index in [0.717, 1.165) is 6.42 Å². The van der Waals surface area contributed by atoms with Crippen LogP contribution in [0, 0.1) is 11.7 Å². The van der Waals surface area contributed by atoms with Crippen LogP contribution in [0.2, 0.25) is 0 Å². The predicted molar refractivity (Wildman–Crippen MR) is 91.2 cm³/mol. The van der Waals surface area contributed by atoms with Gasteiger partial charge in [-0.2, -0.15) is 0 Å². The molecule has 0 unspecified atom stereocenters. The van der Waals surface area contributed by atoms with Crippen LogP contribution >= 0.6 is 0 Å². The summed E-state index contributed by atoms with van der Waals surface area (Å²) < 4.78 is 39.3. The fourth-order valence-electron chi connectivity index (χ4n) is 2.74. The van der Waals surface area contributed by atoms with Crippen molar-refractivity contribution in [2.24, 2.45) is 5.92 Å². The molecule has 5 nitrogen and oxygen atoms in total. The minimum absolute atomic E-state index is 0.0138. The normalized spacial score (nSPS) is 18.3. The van der Waals surface area contributed by atoms with Crippen molar-refractivity contribution in [3.8, 4) is 0 Å². The van der Waals surface area contributed by atoms with Crippen molar-refractivity contribution in [2.45, 2.75) is 44.9 Å². The minimum atomic E-state index is -3.45. The first kappa shape index (κ1) is 18.9. The molecule has 1 atom stereocenters. The fraction of sp³-hybridized carbons (Fsp3) is 0.588. The van der Waals surface area contributed by atoms with Gasteiger partial charge in [0.1, 0.15) is 5.82 Å². The van der Waals surface area contributed by atoms with Crippen molar-refractivity contribution < 1.29 is 17.6 Å². The number of sulfonamides is 1. The molecule has 1 aliphatic heterocycles. The zero-order valence-corrected chi connectivity index (χ0v) is 15.0. The largest absolute Gasteiger partial charge is 0.353 e. The second-order valence-electron chi connectivity index (χ2n) is 6.37. The van der Waals surface area contributed by atoms with Gasteiger partial charge in [-0.1, -0.05) is 19.1 Å². The van der Waals surface area contributed by atoms with Gasteiger partial charge in [0.05, 0.1) is 5.75 Å². The molecule has 7 heteroatoms. The molecule has 1 aromatic rings. The van der Waals surface area contributed by atoms with Crippen LogP contribution in [0.3, 0.4) is 0 Å². The van der Waals surface area contributed by atoms with Gasteiger partial charge in [0.15, 0.2) is 0 Å². The van der Waals surface area contributed by atoms with Crippen molar-refractivity contribution in [3.05, 3.63) is 35.6 Å². The van der Waals surface area contributed by atoms with E-state index >= 15 is 0 Å². The Balaban J connectivity index is 1.90. The number of rotatable bonds is 6. The predicted octanol–water partition coefficient (Wildman–Crippen LogP) is 2.28. The van der Waals surface area contributed by atoms with Crippen molar-refractivity contribution in [2.75, 3.05) is 13.1 Å². The summed E-state index contributed by atoms with van der Waals surface area (Å²) in [6, 6.07) is 5.63. The maximum absolute atomic E-state index is 12.9. The smallest absolute Gasteiger partial charge is 0.223 e. The lowest BCUT2D eigenvalue weighted by Gasteiger charge is -2.31. The lowest BCUT2D eigenvalue weighted by Crippen LogP contribution is -2.44. The van der Waals surface area contributed by atoms with E-state index in [4.69, 9.17) is 0 Å². The summed E-state index contributed by atoms with van der Waals surface area (Å²) in [5.41, 5.74) is 0.563. The summed E-state index contributed by atoms with van der Waals surface area (Å²) in [5, 5.41) is 2.96. The van der Waals surface area contributed by atoms with E-state index < -0.39 is 10.0 Å². The summed E-state index contributed by atoms with van der Waals surface area (Å²) in [4.78, 5) is 12.1. The van der Waals surface area contributed by atoms with Crippen molar-refractivity contribution in [1.29, 1.82) is 0 Å². The Hall–Kier alpha value is -1.47. The highest BCUT2D eigenvalue weighted by Gasteiger charge is 2.31. The lowest BCUT2D eigenvalue weighted by atomic mass is 9.97. The number of amides is 1. The number of halogens is 1. The molecule has 0 aromatic heterocycles. The van der Waals surface area contributed by atoms with E-state index in [2.05, 4.69) is 5.32 Å². The zero-order chi connectivity index (χ0) is 17.7. The Morgan fingerprint density at radius 3 is 2.42 bits per heavy atom. The Morgan fingerprint density at radius 2 is 1.88 bits per heavy atom. The SMILES string of the molecule is CC[C@@H](C)NC(=O)C1CCN(S(=O)(=O)Cc2ccc(F)cc2)CC1. The molecule has 0 saturated carbocycles. The first-order chi connectivity index (χ1) is 11.3.